The van der Waals surface area contributed by atoms with Crippen LogP contribution in [0.5, 0.6) is 0 Å². The van der Waals surface area contributed by atoms with E-state index in [-0.39, 0.29) is 6.10 Å². The van der Waals surface area contributed by atoms with Crippen LogP contribution in [0.2, 0.25) is 0 Å². The zero-order chi connectivity index (χ0) is 18.3. The van der Waals surface area contributed by atoms with Crippen molar-refractivity contribution in [3.05, 3.63) is 42.2 Å². The Balaban J connectivity index is 1.89. The van der Waals surface area contributed by atoms with Gasteiger partial charge in [0.1, 0.15) is 6.10 Å². The average Bonchev–Trinajstić information content (AvgIpc) is 2.62. The molecule has 2 heteroatoms. The van der Waals surface area contributed by atoms with Gasteiger partial charge in [-0.05, 0) is 48.7 Å². The summed E-state index contributed by atoms with van der Waals surface area (Å²) in [5.74, 6) is 0.653. The summed E-state index contributed by atoms with van der Waals surface area (Å²) >= 11 is 0. The number of hydrogen-bond donors (Lipinski definition) is 0. The predicted molar refractivity (Wildman–Crippen MR) is 106 cm³/mol. The molecule has 0 heterocycles. The molecule has 1 aromatic carbocycles. The normalized spacial score (nSPS) is 23.3. The Morgan fingerprint density at radius 1 is 1.16 bits per heavy atom. The van der Waals surface area contributed by atoms with Gasteiger partial charge in [-0.3, -0.25) is 0 Å². The molecule has 0 N–H and O–H groups in total. The minimum Gasteiger partial charge on any atom is -0.495 e. The van der Waals surface area contributed by atoms with Crippen molar-refractivity contribution in [2.24, 2.45) is 11.3 Å². The van der Waals surface area contributed by atoms with Gasteiger partial charge >= 0.3 is 0 Å². The van der Waals surface area contributed by atoms with Gasteiger partial charge in [0.15, 0.2) is 0 Å². The lowest BCUT2D eigenvalue weighted by Gasteiger charge is -2.40. The molecule has 1 aliphatic rings. The Labute approximate surface area is 154 Å². The summed E-state index contributed by atoms with van der Waals surface area (Å²) in [5.41, 5.74) is 2.68. The molecule has 1 aromatic rings. The van der Waals surface area contributed by atoms with Crippen LogP contribution in [-0.2, 0) is 9.47 Å². The van der Waals surface area contributed by atoms with Crippen LogP contribution in [0.4, 0.5) is 0 Å². The number of benzene rings is 1. The molecule has 140 valence electrons. The van der Waals surface area contributed by atoms with Crippen LogP contribution in [-0.4, -0.2) is 18.8 Å². The summed E-state index contributed by atoms with van der Waals surface area (Å²) in [6.45, 7) is 12.0. The van der Waals surface area contributed by atoms with E-state index in [1.807, 2.05) is 12.3 Å². The van der Waals surface area contributed by atoms with Gasteiger partial charge in [-0.2, -0.15) is 0 Å². The molecule has 0 amide bonds. The van der Waals surface area contributed by atoms with E-state index in [9.17, 15) is 0 Å². The van der Waals surface area contributed by atoms with Crippen molar-refractivity contribution < 1.29 is 9.47 Å². The lowest BCUT2D eigenvalue weighted by Crippen LogP contribution is -2.38. The van der Waals surface area contributed by atoms with Crippen molar-refractivity contribution in [3.63, 3.8) is 0 Å². The van der Waals surface area contributed by atoms with E-state index < -0.39 is 0 Å². The van der Waals surface area contributed by atoms with Gasteiger partial charge in [0, 0.05) is 0 Å². The molecule has 3 atom stereocenters. The zero-order valence-electron chi connectivity index (χ0n) is 16.8. The van der Waals surface area contributed by atoms with E-state index in [0.29, 0.717) is 24.0 Å². The molecular weight excluding hydrogens is 308 g/mol. The van der Waals surface area contributed by atoms with E-state index in [2.05, 4.69) is 58.9 Å². The number of rotatable bonds is 7. The molecule has 0 aromatic heterocycles. The Hall–Kier alpha value is -1.28. The molecule has 1 aliphatic carbocycles. The molecule has 1 saturated carbocycles. The maximum atomic E-state index is 6.36. The number of allylic oxidation sites excluding steroid dienone is 1. The SMILES string of the molecule is CCC(COC1CCCCC1C(C)(C)C)O/C=C(\C)c1ccccc1. The maximum absolute atomic E-state index is 6.36. The van der Waals surface area contributed by atoms with Gasteiger partial charge in [-0.25, -0.2) is 0 Å². The fourth-order valence-corrected chi connectivity index (χ4v) is 3.74. The first-order chi connectivity index (χ1) is 11.9. The van der Waals surface area contributed by atoms with Gasteiger partial charge in [-0.15, -0.1) is 0 Å². The average molecular weight is 345 g/mol. The number of ether oxygens (including phenoxy) is 2. The Morgan fingerprint density at radius 2 is 1.84 bits per heavy atom. The fraction of sp³-hybridized carbons (Fsp3) is 0.652. The zero-order valence-corrected chi connectivity index (χ0v) is 16.8. The van der Waals surface area contributed by atoms with Gasteiger partial charge in [0.05, 0.1) is 19.0 Å². The van der Waals surface area contributed by atoms with Crippen LogP contribution < -0.4 is 0 Å². The van der Waals surface area contributed by atoms with Crippen LogP contribution in [0.1, 0.15) is 72.3 Å². The minimum atomic E-state index is 0.126. The van der Waals surface area contributed by atoms with E-state index in [1.54, 1.807) is 0 Å². The third kappa shape index (κ3) is 6.18. The first-order valence-electron chi connectivity index (χ1n) is 9.91. The Kier molecular flexibility index (Phi) is 7.56. The van der Waals surface area contributed by atoms with Crippen molar-refractivity contribution >= 4 is 5.57 Å². The van der Waals surface area contributed by atoms with Crippen LogP contribution in [0.25, 0.3) is 5.57 Å². The molecule has 0 bridgehead atoms. The highest BCUT2D eigenvalue weighted by molar-refractivity contribution is 5.62. The monoisotopic (exact) mass is 344 g/mol. The highest BCUT2D eigenvalue weighted by Crippen LogP contribution is 2.39. The van der Waals surface area contributed by atoms with Crippen molar-refractivity contribution in [2.45, 2.75) is 78.9 Å². The van der Waals surface area contributed by atoms with Crippen LogP contribution in [0.15, 0.2) is 36.6 Å². The molecule has 25 heavy (non-hydrogen) atoms. The van der Waals surface area contributed by atoms with Crippen LogP contribution in [0.3, 0.4) is 0 Å². The summed E-state index contributed by atoms with van der Waals surface area (Å²) in [6.07, 6.45) is 8.49. The Morgan fingerprint density at radius 3 is 2.48 bits per heavy atom. The molecule has 0 aliphatic heterocycles. The molecule has 1 fully saturated rings. The molecule has 0 saturated heterocycles. The van der Waals surface area contributed by atoms with Gasteiger partial charge in [-0.1, -0.05) is 70.9 Å². The van der Waals surface area contributed by atoms with Crippen molar-refractivity contribution in [1.82, 2.24) is 0 Å². The minimum absolute atomic E-state index is 0.126. The fourth-order valence-electron chi connectivity index (χ4n) is 3.74. The summed E-state index contributed by atoms with van der Waals surface area (Å²) in [5, 5.41) is 0. The topological polar surface area (TPSA) is 18.5 Å². The van der Waals surface area contributed by atoms with E-state index >= 15 is 0 Å². The molecule has 0 spiro atoms. The molecular formula is C23H36O2. The largest absolute Gasteiger partial charge is 0.495 e. The second kappa shape index (κ2) is 9.43. The van der Waals surface area contributed by atoms with Crippen LogP contribution in [0, 0.1) is 11.3 Å². The molecule has 3 unspecified atom stereocenters. The Bertz CT molecular complexity index is 527. The lowest BCUT2D eigenvalue weighted by molar-refractivity contribution is -0.0776. The van der Waals surface area contributed by atoms with Crippen molar-refractivity contribution in [2.75, 3.05) is 6.61 Å². The summed E-state index contributed by atoms with van der Waals surface area (Å²) in [4.78, 5) is 0. The quantitative estimate of drug-likeness (QED) is 0.528. The highest BCUT2D eigenvalue weighted by Gasteiger charge is 2.35. The summed E-state index contributed by atoms with van der Waals surface area (Å²) in [7, 11) is 0. The van der Waals surface area contributed by atoms with Gasteiger partial charge < -0.3 is 9.47 Å². The highest BCUT2D eigenvalue weighted by atomic mass is 16.5. The van der Waals surface area contributed by atoms with Crippen LogP contribution >= 0.6 is 0 Å². The van der Waals surface area contributed by atoms with Gasteiger partial charge in [0.2, 0.25) is 0 Å². The third-order valence-electron chi connectivity index (χ3n) is 5.43. The summed E-state index contributed by atoms with van der Waals surface area (Å²) < 4.78 is 12.4. The van der Waals surface area contributed by atoms with E-state index in [4.69, 9.17) is 9.47 Å². The first-order valence-corrected chi connectivity index (χ1v) is 9.91. The second-order valence-corrected chi connectivity index (χ2v) is 8.46. The molecule has 2 rings (SSSR count). The first kappa shape index (κ1) is 20.0. The van der Waals surface area contributed by atoms with Crippen molar-refractivity contribution in [1.29, 1.82) is 0 Å². The summed E-state index contributed by atoms with van der Waals surface area (Å²) in [6, 6.07) is 10.4. The number of hydrogen-bond acceptors (Lipinski definition) is 2. The maximum Gasteiger partial charge on any atom is 0.121 e. The molecule has 2 nitrogen and oxygen atoms in total. The predicted octanol–water partition coefficient (Wildman–Crippen LogP) is 6.46. The standard InChI is InChI=1S/C23H36O2/c1-6-20(24-16-18(2)19-12-8-7-9-13-19)17-25-22-15-11-10-14-21(22)23(3,4)5/h7-9,12-13,16,20-22H,6,10-11,14-15,17H2,1-5H3/b18-16+. The van der Waals surface area contributed by atoms with Gasteiger partial charge in [0.25, 0.3) is 0 Å². The van der Waals surface area contributed by atoms with E-state index in [0.717, 1.165) is 12.0 Å². The third-order valence-corrected chi connectivity index (χ3v) is 5.43. The second-order valence-electron chi connectivity index (χ2n) is 8.46. The smallest absolute Gasteiger partial charge is 0.121 e. The lowest BCUT2D eigenvalue weighted by atomic mass is 9.70. The molecule has 0 radical (unpaired) electrons. The van der Waals surface area contributed by atoms with E-state index in [1.165, 1.54) is 31.2 Å². The van der Waals surface area contributed by atoms with Crippen molar-refractivity contribution in [3.8, 4) is 0 Å².